The number of amides is 3. The highest BCUT2D eigenvalue weighted by Crippen LogP contribution is 2.07. The standard InChI is InChI=1S/C24H39N5O5/c1-15(2)13-18(26)22(31)27-16(3)21(30)28-19(11-7-8-12-25)23(32)29-20(24(33)34)14-17-9-5-4-6-10-17/h4-6,9-10,15-16,18-20H,7-8,11-14,25-26H2,1-3H3,(H,27,31)(H,28,30)(H,29,32)(H,33,34)/t16-,18-,19-,20-/m0/s1. The Bertz CT molecular complexity index is 802. The lowest BCUT2D eigenvalue weighted by atomic mass is 10.0. The third-order valence-corrected chi connectivity index (χ3v) is 5.29. The zero-order chi connectivity index (χ0) is 25.7. The topological polar surface area (TPSA) is 177 Å². The average Bonchev–Trinajstić information content (AvgIpc) is 2.77. The van der Waals surface area contributed by atoms with Crippen LogP contribution in [0.1, 0.15) is 52.0 Å². The van der Waals surface area contributed by atoms with Crippen LogP contribution in [0.2, 0.25) is 0 Å². The van der Waals surface area contributed by atoms with Gasteiger partial charge in [-0.1, -0.05) is 44.2 Å². The fourth-order valence-corrected chi connectivity index (χ4v) is 3.38. The van der Waals surface area contributed by atoms with Gasteiger partial charge in [0.2, 0.25) is 17.7 Å². The molecule has 0 saturated heterocycles. The van der Waals surface area contributed by atoms with Gasteiger partial charge in [-0.3, -0.25) is 14.4 Å². The Kier molecular flexibility index (Phi) is 12.8. The van der Waals surface area contributed by atoms with Crippen LogP contribution < -0.4 is 27.4 Å². The summed E-state index contributed by atoms with van der Waals surface area (Å²) >= 11 is 0. The number of carboxylic acid groups (broad SMARTS) is 1. The molecule has 0 unspecified atom stereocenters. The van der Waals surface area contributed by atoms with Crippen LogP contribution in [0.4, 0.5) is 0 Å². The first-order chi connectivity index (χ1) is 16.0. The van der Waals surface area contributed by atoms with Crippen molar-refractivity contribution in [3.63, 3.8) is 0 Å². The van der Waals surface area contributed by atoms with Crippen LogP contribution in [-0.4, -0.2) is 59.5 Å². The van der Waals surface area contributed by atoms with Gasteiger partial charge < -0.3 is 32.5 Å². The summed E-state index contributed by atoms with van der Waals surface area (Å²) in [4.78, 5) is 49.6. The van der Waals surface area contributed by atoms with Gasteiger partial charge in [0.05, 0.1) is 6.04 Å². The largest absolute Gasteiger partial charge is 0.480 e. The smallest absolute Gasteiger partial charge is 0.326 e. The van der Waals surface area contributed by atoms with Crippen molar-refractivity contribution in [2.24, 2.45) is 17.4 Å². The molecule has 1 rings (SSSR count). The lowest BCUT2D eigenvalue weighted by Gasteiger charge is -2.24. The highest BCUT2D eigenvalue weighted by molar-refractivity contribution is 5.93. The van der Waals surface area contributed by atoms with Crippen LogP contribution in [0, 0.1) is 5.92 Å². The van der Waals surface area contributed by atoms with Crippen molar-refractivity contribution in [2.75, 3.05) is 6.54 Å². The molecule has 10 heteroatoms. The van der Waals surface area contributed by atoms with Crippen LogP contribution in [0.3, 0.4) is 0 Å². The summed E-state index contributed by atoms with van der Waals surface area (Å²) in [5.41, 5.74) is 12.2. The van der Waals surface area contributed by atoms with E-state index in [4.69, 9.17) is 11.5 Å². The normalized spacial score (nSPS) is 14.5. The van der Waals surface area contributed by atoms with E-state index < -0.39 is 47.9 Å². The molecule has 0 aliphatic heterocycles. The molecule has 0 radical (unpaired) electrons. The number of hydrogen-bond acceptors (Lipinski definition) is 6. The number of carboxylic acids is 1. The maximum atomic E-state index is 12.9. The Morgan fingerprint density at radius 3 is 2.06 bits per heavy atom. The minimum atomic E-state index is -1.18. The fraction of sp³-hybridized carbons (Fsp3) is 0.583. The second kappa shape index (κ2) is 15.0. The first-order valence-corrected chi connectivity index (χ1v) is 11.7. The quantitative estimate of drug-likeness (QED) is 0.197. The van der Waals surface area contributed by atoms with E-state index in [1.54, 1.807) is 24.3 Å². The van der Waals surface area contributed by atoms with Crippen molar-refractivity contribution in [2.45, 2.75) is 77.0 Å². The molecular formula is C24H39N5O5. The van der Waals surface area contributed by atoms with Crippen LogP contribution in [0.5, 0.6) is 0 Å². The van der Waals surface area contributed by atoms with Crippen molar-refractivity contribution >= 4 is 23.7 Å². The molecule has 0 heterocycles. The number of nitrogens with two attached hydrogens (primary N) is 2. The first-order valence-electron chi connectivity index (χ1n) is 11.7. The van der Waals surface area contributed by atoms with Crippen LogP contribution in [0.15, 0.2) is 30.3 Å². The van der Waals surface area contributed by atoms with Crippen molar-refractivity contribution in [3.05, 3.63) is 35.9 Å². The molecule has 1 aromatic carbocycles. The number of benzene rings is 1. The lowest BCUT2D eigenvalue weighted by molar-refractivity contribution is -0.142. The highest BCUT2D eigenvalue weighted by Gasteiger charge is 2.28. The van der Waals surface area contributed by atoms with Gasteiger partial charge in [0.15, 0.2) is 0 Å². The molecule has 0 bridgehead atoms. The van der Waals surface area contributed by atoms with Gasteiger partial charge in [0.1, 0.15) is 18.1 Å². The van der Waals surface area contributed by atoms with Crippen molar-refractivity contribution in [1.29, 1.82) is 0 Å². The Morgan fingerprint density at radius 2 is 1.50 bits per heavy atom. The van der Waals surface area contributed by atoms with Gasteiger partial charge in [-0.25, -0.2) is 4.79 Å². The molecule has 10 nitrogen and oxygen atoms in total. The number of aliphatic carboxylic acids is 1. The van der Waals surface area contributed by atoms with E-state index in [1.165, 1.54) is 6.92 Å². The third kappa shape index (κ3) is 10.8. The second-order valence-electron chi connectivity index (χ2n) is 8.90. The maximum absolute atomic E-state index is 12.9. The zero-order valence-electron chi connectivity index (χ0n) is 20.3. The van der Waals surface area contributed by atoms with Crippen molar-refractivity contribution in [3.8, 4) is 0 Å². The van der Waals surface area contributed by atoms with E-state index in [9.17, 15) is 24.3 Å². The Hall–Kier alpha value is -2.98. The Labute approximate surface area is 201 Å². The van der Waals surface area contributed by atoms with Crippen LogP contribution >= 0.6 is 0 Å². The first kappa shape index (κ1) is 29.1. The summed E-state index contributed by atoms with van der Waals surface area (Å²) in [7, 11) is 0. The van der Waals surface area contributed by atoms with E-state index in [0.29, 0.717) is 25.8 Å². The summed E-state index contributed by atoms with van der Waals surface area (Å²) in [6.45, 7) is 5.81. The molecule has 0 saturated carbocycles. The predicted molar refractivity (Wildman–Crippen MR) is 130 cm³/mol. The number of hydrogen-bond donors (Lipinski definition) is 6. The van der Waals surface area contributed by atoms with E-state index in [0.717, 1.165) is 5.56 Å². The molecule has 0 aliphatic carbocycles. The average molecular weight is 478 g/mol. The molecule has 34 heavy (non-hydrogen) atoms. The highest BCUT2D eigenvalue weighted by atomic mass is 16.4. The molecule has 0 aliphatic rings. The second-order valence-corrected chi connectivity index (χ2v) is 8.90. The predicted octanol–water partition coefficient (Wildman–Crippen LogP) is 0.290. The van der Waals surface area contributed by atoms with Gasteiger partial charge >= 0.3 is 5.97 Å². The third-order valence-electron chi connectivity index (χ3n) is 5.29. The van der Waals surface area contributed by atoms with Gasteiger partial charge in [-0.2, -0.15) is 0 Å². The summed E-state index contributed by atoms with van der Waals surface area (Å²) in [5, 5.41) is 17.3. The molecule has 3 amide bonds. The number of rotatable bonds is 15. The molecule has 190 valence electrons. The van der Waals surface area contributed by atoms with E-state index in [-0.39, 0.29) is 18.8 Å². The monoisotopic (exact) mass is 477 g/mol. The zero-order valence-corrected chi connectivity index (χ0v) is 20.3. The molecular weight excluding hydrogens is 438 g/mol. The summed E-state index contributed by atoms with van der Waals surface area (Å²) in [6, 6.07) is 5.15. The van der Waals surface area contributed by atoms with Crippen molar-refractivity contribution in [1.82, 2.24) is 16.0 Å². The van der Waals surface area contributed by atoms with E-state index in [1.807, 2.05) is 19.9 Å². The number of unbranched alkanes of at least 4 members (excludes halogenated alkanes) is 1. The Morgan fingerprint density at radius 1 is 0.882 bits per heavy atom. The SMILES string of the molecule is CC(C)C[C@H](N)C(=O)N[C@@H](C)C(=O)N[C@@H](CCCCN)C(=O)N[C@@H](Cc1ccccc1)C(=O)O. The minimum Gasteiger partial charge on any atom is -0.480 e. The van der Waals surface area contributed by atoms with Gasteiger partial charge in [0.25, 0.3) is 0 Å². The number of carbonyl (C=O) groups excluding carboxylic acids is 3. The van der Waals surface area contributed by atoms with E-state index in [2.05, 4.69) is 16.0 Å². The molecule has 0 fully saturated rings. The minimum absolute atomic E-state index is 0.103. The molecule has 8 N–H and O–H groups in total. The Balaban J connectivity index is 2.82. The molecule has 4 atom stereocenters. The lowest BCUT2D eigenvalue weighted by Crippen LogP contribution is -2.56. The summed E-state index contributed by atoms with van der Waals surface area (Å²) in [6.07, 6.45) is 2.06. The van der Waals surface area contributed by atoms with Crippen LogP contribution in [-0.2, 0) is 25.6 Å². The summed E-state index contributed by atoms with van der Waals surface area (Å²) < 4.78 is 0. The fourth-order valence-electron chi connectivity index (χ4n) is 3.38. The number of nitrogens with one attached hydrogen (secondary N) is 3. The molecule has 1 aromatic rings. The van der Waals surface area contributed by atoms with Gasteiger partial charge in [0, 0.05) is 6.42 Å². The van der Waals surface area contributed by atoms with Crippen molar-refractivity contribution < 1.29 is 24.3 Å². The van der Waals surface area contributed by atoms with E-state index >= 15 is 0 Å². The molecule has 0 spiro atoms. The van der Waals surface area contributed by atoms with Gasteiger partial charge in [-0.05, 0) is 50.6 Å². The maximum Gasteiger partial charge on any atom is 0.326 e. The van der Waals surface area contributed by atoms with Gasteiger partial charge in [-0.15, -0.1) is 0 Å². The summed E-state index contributed by atoms with van der Waals surface area (Å²) in [5.74, 6) is -2.58. The van der Waals surface area contributed by atoms with Crippen LogP contribution in [0.25, 0.3) is 0 Å². The number of carbonyl (C=O) groups is 4. The molecule has 0 aromatic heterocycles.